The van der Waals surface area contributed by atoms with Crippen LogP contribution in [0.4, 0.5) is 0 Å². The molecule has 3 rings (SSSR count). The number of benzene rings is 3. The molecule has 3 nitrogen and oxygen atoms in total. The van der Waals surface area contributed by atoms with E-state index in [0.717, 1.165) is 33.4 Å². The number of amidine groups is 1. The van der Waals surface area contributed by atoms with Gasteiger partial charge in [-0.2, -0.15) is 0 Å². The summed E-state index contributed by atoms with van der Waals surface area (Å²) >= 11 is 0. The van der Waals surface area contributed by atoms with Crippen molar-refractivity contribution >= 4 is 12.1 Å². The average molecular weight is 299 g/mol. The van der Waals surface area contributed by atoms with Gasteiger partial charge < -0.3 is 11.1 Å². The highest BCUT2D eigenvalue weighted by molar-refractivity contribution is 5.95. The van der Waals surface area contributed by atoms with Gasteiger partial charge in [-0.15, -0.1) is 0 Å². The first kappa shape index (κ1) is 14.7. The van der Waals surface area contributed by atoms with Gasteiger partial charge in [-0.05, 0) is 27.8 Å². The van der Waals surface area contributed by atoms with E-state index in [-0.39, 0.29) is 5.84 Å². The molecule has 3 heteroatoms. The Kier molecular flexibility index (Phi) is 4.02. The number of nitrogens with one attached hydrogen (secondary N) is 2. The highest BCUT2D eigenvalue weighted by Gasteiger charge is 2.02. The van der Waals surface area contributed by atoms with Gasteiger partial charge in [-0.3, -0.25) is 5.41 Å². The van der Waals surface area contributed by atoms with Crippen LogP contribution in [0, 0.1) is 10.8 Å². The summed E-state index contributed by atoms with van der Waals surface area (Å²) in [6, 6.07) is 24.0. The fraction of sp³-hybridized carbons (Fsp3) is 0. The van der Waals surface area contributed by atoms with Crippen LogP contribution >= 0.6 is 0 Å². The van der Waals surface area contributed by atoms with Crippen LogP contribution in [0.1, 0.15) is 11.1 Å². The van der Waals surface area contributed by atoms with Gasteiger partial charge in [0, 0.05) is 11.8 Å². The zero-order valence-electron chi connectivity index (χ0n) is 12.6. The highest BCUT2D eigenvalue weighted by Crippen LogP contribution is 2.25. The maximum Gasteiger partial charge on any atom is 0.122 e. The molecule has 0 aliphatic carbocycles. The summed E-state index contributed by atoms with van der Waals surface area (Å²) in [5.41, 5.74) is 11.6. The van der Waals surface area contributed by atoms with Crippen molar-refractivity contribution in [2.75, 3.05) is 0 Å². The summed E-state index contributed by atoms with van der Waals surface area (Å²) in [7, 11) is 0. The Balaban J connectivity index is 1.86. The Hall–Kier alpha value is -3.20. The Bertz CT molecular complexity index is 830. The maximum absolute atomic E-state index is 7.43. The van der Waals surface area contributed by atoms with Gasteiger partial charge in [0.1, 0.15) is 5.84 Å². The molecule has 0 bridgehead atoms. The maximum atomic E-state index is 7.43. The van der Waals surface area contributed by atoms with Crippen LogP contribution in [0.2, 0.25) is 0 Å². The second-order valence-electron chi connectivity index (χ2n) is 5.33. The minimum atomic E-state index is 0.0836. The smallest absolute Gasteiger partial charge is 0.122 e. The Labute approximate surface area is 135 Å². The third-order valence-corrected chi connectivity index (χ3v) is 3.82. The minimum absolute atomic E-state index is 0.0836. The normalized spacial score (nSPS) is 10.3. The Morgan fingerprint density at radius 3 is 1.35 bits per heavy atom. The van der Waals surface area contributed by atoms with Gasteiger partial charge in [0.2, 0.25) is 0 Å². The second kappa shape index (κ2) is 6.28. The monoisotopic (exact) mass is 299 g/mol. The standard InChI is InChI=1S/C20H17N3/c21-13-14-1-3-15(4-2-14)16-5-7-17(8-6-16)18-9-11-19(12-10-18)20(22)23/h1-13,21H,(H3,22,23). The molecular formula is C20H17N3. The van der Waals surface area contributed by atoms with Gasteiger partial charge >= 0.3 is 0 Å². The molecular weight excluding hydrogens is 282 g/mol. The molecule has 23 heavy (non-hydrogen) atoms. The lowest BCUT2D eigenvalue weighted by Crippen LogP contribution is -2.10. The summed E-state index contributed by atoms with van der Waals surface area (Å²) < 4.78 is 0. The largest absolute Gasteiger partial charge is 0.384 e. The zero-order chi connectivity index (χ0) is 16.2. The van der Waals surface area contributed by atoms with Crippen molar-refractivity contribution in [1.82, 2.24) is 0 Å². The van der Waals surface area contributed by atoms with Crippen molar-refractivity contribution in [2.45, 2.75) is 0 Å². The van der Waals surface area contributed by atoms with Crippen LogP contribution < -0.4 is 5.73 Å². The number of rotatable bonds is 4. The predicted molar refractivity (Wildman–Crippen MR) is 96.2 cm³/mol. The molecule has 0 saturated carbocycles. The first-order valence-corrected chi connectivity index (χ1v) is 7.33. The molecule has 0 aliphatic rings. The summed E-state index contributed by atoms with van der Waals surface area (Å²) in [5, 5.41) is 14.7. The number of hydrogen-bond donors (Lipinski definition) is 3. The SMILES string of the molecule is N=Cc1ccc(-c2ccc(-c3ccc(C(=N)N)cc3)cc2)cc1. The molecule has 0 radical (unpaired) electrons. The van der Waals surface area contributed by atoms with Crippen molar-refractivity contribution in [1.29, 1.82) is 10.8 Å². The lowest BCUT2D eigenvalue weighted by Gasteiger charge is -2.06. The predicted octanol–water partition coefficient (Wildman–Crippen LogP) is 4.30. The van der Waals surface area contributed by atoms with Gasteiger partial charge in [0.05, 0.1) is 0 Å². The lowest BCUT2D eigenvalue weighted by atomic mass is 9.99. The summed E-state index contributed by atoms with van der Waals surface area (Å²) in [6.07, 6.45) is 1.34. The summed E-state index contributed by atoms with van der Waals surface area (Å²) in [6.45, 7) is 0. The van der Waals surface area contributed by atoms with E-state index in [9.17, 15) is 0 Å². The molecule has 0 amide bonds. The third-order valence-electron chi connectivity index (χ3n) is 3.82. The second-order valence-corrected chi connectivity index (χ2v) is 5.33. The lowest BCUT2D eigenvalue weighted by molar-refractivity contribution is 1.42. The molecule has 0 aromatic heterocycles. The zero-order valence-corrected chi connectivity index (χ0v) is 12.6. The van der Waals surface area contributed by atoms with Gasteiger partial charge in [0.25, 0.3) is 0 Å². The molecule has 0 spiro atoms. The van der Waals surface area contributed by atoms with E-state index in [0.29, 0.717) is 0 Å². The molecule has 112 valence electrons. The topological polar surface area (TPSA) is 73.7 Å². The molecule has 0 saturated heterocycles. The van der Waals surface area contributed by atoms with Gasteiger partial charge in [-0.1, -0.05) is 72.8 Å². The van der Waals surface area contributed by atoms with Crippen LogP contribution in [0.5, 0.6) is 0 Å². The average Bonchev–Trinajstić information content (AvgIpc) is 2.62. The van der Waals surface area contributed by atoms with E-state index in [1.165, 1.54) is 6.21 Å². The molecule has 4 N–H and O–H groups in total. The summed E-state index contributed by atoms with van der Waals surface area (Å²) in [5.74, 6) is 0.0836. The molecule has 0 unspecified atom stereocenters. The molecule has 0 fully saturated rings. The van der Waals surface area contributed by atoms with E-state index in [4.69, 9.17) is 16.6 Å². The number of nitrogens with two attached hydrogens (primary N) is 1. The number of hydrogen-bond acceptors (Lipinski definition) is 2. The van der Waals surface area contributed by atoms with E-state index in [1.54, 1.807) is 0 Å². The first-order chi connectivity index (χ1) is 11.2. The Morgan fingerprint density at radius 2 is 1.00 bits per heavy atom. The van der Waals surface area contributed by atoms with Crippen LogP contribution in [0.3, 0.4) is 0 Å². The third kappa shape index (κ3) is 3.19. The van der Waals surface area contributed by atoms with Crippen LogP contribution in [-0.2, 0) is 0 Å². The fourth-order valence-electron chi connectivity index (χ4n) is 2.47. The quantitative estimate of drug-likeness (QED) is 0.487. The van der Waals surface area contributed by atoms with E-state index >= 15 is 0 Å². The first-order valence-electron chi connectivity index (χ1n) is 7.33. The summed E-state index contributed by atoms with van der Waals surface area (Å²) in [4.78, 5) is 0. The van der Waals surface area contributed by atoms with Crippen molar-refractivity contribution in [3.8, 4) is 22.3 Å². The fourth-order valence-corrected chi connectivity index (χ4v) is 2.47. The van der Waals surface area contributed by atoms with Gasteiger partial charge in [0.15, 0.2) is 0 Å². The van der Waals surface area contributed by atoms with E-state index < -0.39 is 0 Å². The molecule has 0 atom stereocenters. The number of nitrogen functional groups attached to an aromatic ring is 1. The highest BCUT2D eigenvalue weighted by atomic mass is 14.7. The molecule has 0 heterocycles. The molecule has 3 aromatic carbocycles. The van der Waals surface area contributed by atoms with Crippen molar-refractivity contribution in [3.05, 3.63) is 83.9 Å². The van der Waals surface area contributed by atoms with E-state index in [2.05, 4.69) is 24.3 Å². The van der Waals surface area contributed by atoms with Crippen molar-refractivity contribution in [3.63, 3.8) is 0 Å². The Morgan fingerprint density at radius 1 is 0.652 bits per heavy atom. The van der Waals surface area contributed by atoms with Crippen LogP contribution in [-0.4, -0.2) is 12.1 Å². The molecule has 0 aliphatic heterocycles. The van der Waals surface area contributed by atoms with E-state index in [1.807, 2.05) is 48.5 Å². The van der Waals surface area contributed by atoms with Gasteiger partial charge in [-0.25, -0.2) is 0 Å². The van der Waals surface area contributed by atoms with Crippen molar-refractivity contribution in [2.24, 2.45) is 5.73 Å². The van der Waals surface area contributed by atoms with Crippen molar-refractivity contribution < 1.29 is 0 Å². The van der Waals surface area contributed by atoms with Crippen LogP contribution in [0.25, 0.3) is 22.3 Å². The van der Waals surface area contributed by atoms with Crippen LogP contribution in [0.15, 0.2) is 72.8 Å². The minimum Gasteiger partial charge on any atom is -0.384 e. The molecule has 3 aromatic rings.